The van der Waals surface area contributed by atoms with Crippen molar-refractivity contribution in [2.75, 3.05) is 51.9 Å². The van der Waals surface area contributed by atoms with Gasteiger partial charge in [-0.25, -0.2) is 0 Å². The van der Waals surface area contributed by atoms with Gasteiger partial charge in [-0.3, -0.25) is 19.2 Å². The summed E-state index contributed by atoms with van der Waals surface area (Å²) < 4.78 is 0. The normalized spacial score (nSPS) is 14.5. The number of anilines is 2. The van der Waals surface area contributed by atoms with Crippen LogP contribution in [0.4, 0.5) is 11.4 Å². The number of rotatable bonds is 15. The molecular formula is C47H64N6O5. The second kappa shape index (κ2) is 23.1. The molecule has 6 N–H and O–H groups in total. The van der Waals surface area contributed by atoms with Crippen LogP contribution in [-0.4, -0.2) is 92.0 Å². The van der Waals surface area contributed by atoms with Gasteiger partial charge in [-0.05, 0) is 98.4 Å². The van der Waals surface area contributed by atoms with Gasteiger partial charge < -0.3 is 36.6 Å². The van der Waals surface area contributed by atoms with Gasteiger partial charge in [0.15, 0.2) is 0 Å². The van der Waals surface area contributed by atoms with Crippen LogP contribution in [0, 0.1) is 0 Å². The summed E-state index contributed by atoms with van der Waals surface area (Å²) in [6, 6.07) is 32.6. The molecule has 0 spiro atoms. The molecule has 4 aromatic rings. The second-order valence-electron chi connectivity index (χ2n) is 15.5. The van der Waals surface area contributed by atoms with Gasteiger partial charge in [0.2, 0.25) is 17.7 Å². The number of amides is 3. The van der Waals surface area contributed by atoms with E-state index in [9.17, 15) is 19.2 Å². The molecule has 0 bridgehead atoms. The monoisotopic (exact) mass is 792 g/mol. The Morgan fingerprint density at radius 1 is 0.690 bits per heavy atom. The Kier molecular flexibility index (Phi) is 18.8. The number of nitrogens with two attached hydrogens (primary N) is 1. The van der Waals surface area contributed by atoms with Crippen molar-refractivity contribution in [3.63, 3.8) is 0 Å². The van der Waals surface area contributed by atoms with E-state index < -0.39 is 5.97 Å². The summed E-state index contributed by atoms with van der Waals surface area (Å²) in [5, 5.41) is 17.3. The predicted molar refractivity (Wildman–Crippen MR) is 235 cm³/mol. The molecule has 58 heavy (non-hydrogen) atoms. The van der Waals surface area contributed by atoms with E-state index in [2.05, 4.69) is 69.1 Å². The molecule has 11 heteroatoms. The Labute approximate surface area is 345 Å². The highest BCUT2D eigenvalue weighted by molar-refractivity contribution is 5.99. The molecule has 3 amide bonds. The number of carbonyl (C=O) groups is 4. The van der Waals surface area contributed by atoms with E-state index in [1.165, 1.54) is 16.7 Å². The fraction of sp³-hybridized carbons (Fsp3) is 0.404. The van der Waals surface area contributed by atoms with Crippen LogP contribution < -0.4 is 21.7 Å². The van der Waals surface area contributed by atoms with E-state index >= 15 is 0 Å². The van der Waals surface area contributed by atoms with Crippen LogP contribution in [0.3, 0.4) is 0 Å². The number of aliphatic carboxylic acids is 1. The summed E-state index contributed by atoms with van der Waals surface area (Å²) in [6.07, 6.45) is 3.37. The third kappa shape index (κ3) is 14.9. The van der Waals surface area contributed by atoms with Crippen molar-refractivity contribution < 1.29 is 24.3 Å². The van der Waals surface area contributed by atoms with Gasteiger partial charge in [0, 0.05) is 43.0 Å². The number of carboxylic acid groups (broad SMARTS) is 1. The fourth-order valence-electron chi connectivity index (χ4n) is 6.92. The second-order valence-corrected chi connectivity index (χ2v) is 15.5. The van der Waals surface area contributed by atoms with Gasteiger partial charge in [0.1, 0.15) is 0 Å². The highest BCUT2D eigenvalue weighted by atomic mass is 16.4. The highest BCUT2D eigenvalue weighted by Crippen LogP contribution is 2.26. The van der Waals surface area contributed by atoms with Crippen molar-refractivity contribution in [3.05, 3.63) is 130 Å². The van der Waals surface area contributed by atoms with Gasteiger partial charge in [-0.1, -0.05) is 106 Å². The first kappa shape index (κ1) is 47.0. The van der Waals surface area contributed by atoms with Crippen LogP contribution in [-0.2, 0) is 44.9 Å². The van der Waals surface area contributed by atoms with Crippen LogP contribution in [0.5, 0.6) is 0 Å². The number of nitrogens with zero attached hydrogens (tertiary/aromatic N) is 2. The Balaban J connectivity index is 0.000000255. The molecule has 0 aliphatic carbocycles. The van der Waals surface area contributed by atoms with E-state index in [1.807, 2.05) is 95.8 Å². The molecule has 2 heterocycles. The topological polar surface area (TPSA) is 157 Å². The van der Waals surface area contributed by atoms with Crippen LogP contribution in [0.15, 0.2) is 97.1 Å². The zero-order valence-corrected chi connectivity index (χ0v) is 34.3. The molecule has 0 fully saturated rings. The van der Waals surface area contributed by atoms with Crippen molar-refractivity contribution in [1.29, 1.82) is 0 Å². The summed E-state index contributed by atoms with van der Waals surface area (Å²) in [6.45, 7) is 5.24. The molecule has 4 atom stereocenters. The maximum Gasteiger partial charge on any atom is 0.303 e. The average Bonchev–Trinajstić information content (AvgIpc) is 3.75. The molecule has 6 rings (SSSR count). The Morgan fingerprint density at radius 2 is 1.12 bits per heavy atom. The number of benzene rings is 4. The summed E-state index contributed by atoms with van der Waals surface area (Å²) in [5.41, 5.74) is 14.5. The first-order valence-electron chi connectivity index (χ1n) is 19.7. The highest BCUT2D eigenvalue weighted by Gasteiger charge is 2.21. The number of fused-ring (bicyclic) bond motifs is 2. The van der Waals surface area contributed by atoms with Crippen molar-refractivity contribution in [3.8, 4) is 0 Å². The van der Waals surface area contributed by atoms with E-state index in [0.717, 1.165) is 40.9 Å². The van der Waals surface area contributed by atoms with Gasteiger partial charge in [0.05, 0.1) is 19.3 Å². The lowest BCUT2D eigenvalue weighted by Crippen LogP contribution is -2.41. The summed E-state index contributed by atoms with van der Waals surface area (Å²) >= 11 is 0. The first-order chi connectivity index (χ1) is 27.2. The smallest absolute Gasteiger partial charge is 0.303 e. The molecule has 0 saturated carbocycles. The van der Waals surface area contributed by atoms with Crippen LogP contribution >= 0.6 is 0 Å². The maximum absolute atomic E-state index is 12.4. The molecule has 4 aromatic carbocycles. The minimum Gasteiger partial charge on any atom is -0.481 e. The SMILES string of the molecule is C.CN(C)[C@H](CN)Cc1ccc2c(c1)CC(=O)N2.C[C@H](CC(=O)NC[C@H](Cc1ccc2c(c1)CC(=O)N2)N(C)C)c1ccccc1.C[C@H](CC(=O)O)c1ccccc1. The van der Waals surface area contributed by atoms with Gasteiger partial charge >= 0.3 is 5.97 Å². The van der Waals surface area contributed by atoms with Crippen molar-refractivity contribution in [2.24, 2.45) is 5.73 Å². The Bertz CT molecular complexity index is 1930. The number of nitrogens with one attached hydrogen (secondary N) is 3. The zero-order valence-electron chi connectivity index (χ0n) is 34.3. The molecule has 11 nitrogen and oxygen atoms in total. The number of carbonyl (C=O) groups excluding carboxylic acids is 3. The van der Waals surface area contributed by atoms with Crippen LogP contribution in [0.1, 0.15) is 79.3 Å². The molecule has 0 aromatic heterocycles. The number of hydrogen-bond donors (Lipinski definition) is 5. The van der Waals surface area contributed by atoms with Crippen LogP contribution in [0.2, 0.25) is 0 Å². The minimum atomic E-state index is -0.744. The third-order valence-electron chi connectivity index (χ3n) is 10.5. The summed E-state index contributed by atoms with van der Waals surface area (Å²) in [5.74, 6) is -0.237. The maximum atomic E-state index is 12.4. The largest absolute Gasteiger partial charge is 0.481 e. The quantitative estimate of drug-likeness (QED) is 0.0917. The zero-order chi connectivity index (χ0) is 41.5. The predicted octanol–water partition coefficient (Wildman–Crippen LogP) is 6.48. The van der Waals surface area contributed by atoms with Crippen molar-refractivity contribution in [2.45, 2.75) is 83.7 Å². The van der Waals surface area contributed by atoms with E-state index in [0.29, 0.717) is 38.4 Å². The fourth-order valence-corrected chi connectivity index (χ4v) is 6.92. The average molecular weight is 793 g/mol. The summed E-state index contributed by atoms with van der Waals surface area (Å²) in [4.78, 5) is 49.9. The van der Waals surface area contributed by atoms with Gasteiger partial charge in [-0.2, -0.15) is 0 Å². The Hall–Kier alpha value is -5.36. The number of likely N-dealkylation sites (N-methyl/N-ethyl adjacent to an activating group) is 2. The minimum absolute atomic E-state index is 0. The molecule has 2 aliphatic rings. The van der Waals surface area contributed by atoms with Crippen molar-refractivity contribution >= 4 is 35.1 Å². The molecule has 2 aliphatic heterocycles. The Morgan fingerprint density at radius 3 is 1.53 bits per heavy atom. The molecule has 312 valence electrons. The molecule has 0 unspecified atom stereocenters. The molecular weight excluding hydrogens is 729 g/mol. The number of carboxylic acids is 1. The van der Waals surface area contributed by atoms with Crippen LogP contribution in [0.25, 0.3) is 0 Å². The van der Waals surface area contributed by atoms with E-state index in [4.69, 9.17) is 10.8 Å². The summed E-state index contributed by atoms with van der Waals surface area (Å²) in [7, 11) is 8.13. The lowest BCUT2D eigenvalue weighted by Gasteiger charge is -2.25. The van der Waals surface area contributed by atoms with Gasteiger partial charge in [0.25, 0.3) is 0 Å². The standard InChI is InChI=1S/C23H29N3O2.C13H19N3O.C10H12O2.CH4/c1-16(18-7-5-4-6-8-18)11-22(27)24-15-20(26(2)3)13-17-9-10-21-19(12-17)14-23(28)25-21;1-16(2)11(8-14)6-9-3-4-12-10(5-9)7-13(17)15-12;1-8(7-10(11)12)9-5-3-2-4-6-9;/h4-10,12,16,20H,11,13-15H2,1-3H3,(H,24,27)(H,25,28);3-5,11H,6-8,14H2,1-2H3,(H,15,17);2-6,8H,7H2,1H3,(H,11,12);1H4/t16-,20+;11-;8-;/m101./s1. The molecule has 0 saturated heterocycles. The number of hydrogen-bond acceptors (Lipinski definition) is 7. The van der Waals surface area contributed by atoms with Gasteiger partial charge in [-0.15, -0.1) is 0 Å². The molecule has 0 radical (unpaired) electrons. The first-order valence-corrected chi connectivity index (χ1v) is 19.7. The third-order valence-corrected chi connectivity index (χ3v) is 10.5. The van der Waals surface area contributed by atoms with Crippen molar-refractivity contribution in [1.82, 2.24) is 15.1 Å². The lowest BCUT2D eigenvalue weighted by molar-refractivity contribution is -0.137. The van der Waals surface area contributed by atoms with E-state index in [1.54, 1.807) is 0 Å². The lowest BCUT2D eigenvalue weighted by atomic mass is 9.97. The van der Waals surface area contributed by atoms with E-state index in [-0.39, 0.29) is 49.4 Å².